The Hall–Kier alpha value is -2.50. The summed E-state index contributed by atoms with van der Waals surface area (Å²) in [7, 11) is 0. The summed E-state index contributed by atoms with van der Waals surface area (Å²) in [5.41, 5.74) is 1.18. The van der Waals surface area contributed by atoms with Crippen LogP contribution in [0.25, 0.3) is 11.3 Å². The van der Waals surface area contributed by atoms with E-state index in [4.69, 9.17) is 4.74 Å². The zero-order valence-corrected chi connectivity index (χ0v) is 11.6. The number of rotatable bonds is 2. The highest BCUT2D eigenvalue weighted by molar-refractivity contribution is 5.86. The molecule has 1 heterocycles. The first-order valence-corrected chi connectivity index (χ1v) is 6.17. The number of nitrogens with one attached hydrogen (secondary N) is 2. The molecule has 20 heavy (non-hydrogen) atoms. The van der Waals surface area contributed by atoms with Gasteiger partial charge in [-0.15, -0.1) is 0 Å². The molecule has 2 rings (SSSR count). The molecule has 1 aromatic heterocycles. The average molecular weight is 275 g/mol. The number of aromatic hydroxyl groups is 1. The third-order valence-electron chi connectivity index (χ3n) is 2.43. The number of phenolic OH excluding ortho intramolecular Hbond substituents is 1. The van der Waals surface area contributed by atoms with Crippen LogP contribution in [0.3, 0.4) is 0 Å². The molecule has 6 heteroatoms. The minimum atomic E-state index is -0.562. The molecule has 1 aromatic carbocycles. The molecule has 2 aromatic rings. The lowest BCUT2D eigenvalue weighted by molar-refractivity contribution is 0.0636. The number of imidazole rings is 1. The highest BCUT2D eigenvalue weighted by Crippen LogP contribution is 2.30. The maximum atomic E-state index is 11.7. The second-order valence-corrected chi connectivity index (χ2v) is 5.32. The summed E-state index contributed by atoms with van der Waals surface area (Å²) in [6.07, 6.45) is 2.56. The molecular weight excluding hydrogens is 258 g/mol. The summed E-state index contributed by atoms with van der Waals surface area (Å²) in [6, 6.07) is 4.74. The Kier molecular flexibility index (Phi) is 3.65. The summed E-state index contributed by atoms with van der Waals surface area (Å²) in [5, 5.41) is 12.5. The molecule has 0 fully saturated rings. The van der Waals surface area contributed by atoms with Gasteiger partial charge in [0.25, 0.3) is 0 Å². The Morgan fingerprint density at radius 3 is 2.75 bits per heavy atom. The van der Waals surface area contributed by atoms with Crippen LogP contribution in [0.5, 0.6) is 5.75 Å². The zero-order chi connectivity index (χ0) is 14.8. The topological polar surface area (TPSA) is 87.2 Å². The number of phenols is 1. The summed E-state index contributed by atoms with van der Waals surface area (Å²) in [6.45, 7) is 5.37. The molecule has 3 N–H and O–H groups in total. The van der Waals surface area contributed by atoms with Crippen molar-refractivity contribution in [3.63, 3.8) is 0 Å². The van der Waals surface area contributed by atoms with Gasteiger partial charge < -0.3 is 14.8 Å². The van der Waals surface area contributed by atoms with Crippen LogP contribution < -0.4 is 5.32 Å². The van der Waals surface area contributed by atoms with E-state index in [-0.39, 0.29) is 5.75 Å². The lowest BCUT2D eigenvalue weighted by atomic mass is 10.1. The summed E-state index contributed by atoms with van der Waals surface area (Å²) in [4.78, 5) is 18.5. The van der Waals surface area contributed by atoms with Crippen LogP contribution in [-0.4, -0.2) is 26.8 Å². The van der Waals surface area contributed by atoms with Crippen LogP contribution >= 0.6 is 0 Å². The van der Waals surface area contributed by atoms with Gasteiger partial charge in [0.2, 0.25) is 0 Å². The Morgan fingerprint density at radius 1 is 1.40 bits per heavy atom. The fraction of sp³-hybridized carbons (Fsp3) is 0.286. The minimum Gasteiger partial charge on any atom is -0.507 e. The van der Waals surface area contributed by atoms with Gasteiger partial charge in [0.05, 0.1) is 18.2 Å². The minimum absolute atomic E-state index is 0.101. The van der Waals surface area contributed by atoms with Crippen LogP contribution in [-0.2, 0) is 4.74 Å². The van der Waals surface area contributed by atoms with Crippen molar-refractivity contribution in [3.8, 4) is 17.0 Å². The predicted molar refractivity (Wildman–Crippen MR) is 75.5 cm³/mol. The Morgan fingerprint density at radius 2 is 2.15 bits per heavy atom. The standard InChI is InChI=1S/C14H17N3O3/c1-14(2,3)20-13(19)17-9-4-5-12(18)10(6-9)11-7-15-8-16-11/h4-8,18H,1-3H3,(H,15,16)(H,17,19). The molecule has 0 saturated heterocycles. The van der Waals surface area contributed by atoms with Crippen molar-refractivity contribution in [2.75, 3.05) is 5.32 Å². The fourth-order valence-electron chi connectivity index (χ4n) is 1.65. The number of hydrogen-bond acceptors (Lipinski definition) is 4. The zero-order valence-electron chi connectivity index (χ0n) is 11.6. The fourth-order valence-corrected chi connectivity index (χ4v) is 1.65. The molecule has 0 bridgehead atoms. The molecule has 0 unspecified atom stereocenters. The number of anilines is 1. The number of carbonyl (C=O) groups is 1. The van der Waals surface area contributed by atoms with Gasteiger partial charge in [-0.25, -0.2) is 9.78 Å². The van der Waals surface area contributed by atoms with Gasteiger partial charge in [-0.1, -0.05) is 0 Å². The summed E-state index contributed by atoms with van der Waals surface area (Å²) in [5.74, 6) is 0.101. The highest BCUT2D eigenvalue weighted by Gasteiger charge is 2.16. The molecule has 0 aliphatic carbocycles. The third kappa shape index (κ3) is 3.50. The van der Waals surface area contributed by atoms with Gasteiger partial charge >= 0.3 is 6.09 Å². The van der Waals surface area contributed by atoms with Gasteiger partial charge in [-0.05, 0) is 39.0 Å². The van der Waals surface area contributed by atoms with Crippen LogP contribution in [0.15, 0.2) is 30.7 Å². The maximum absolute atomic E-state index is 11.7. The molecule has 0 radical (unpaired) electrons. The molecule has 0 aliphatic rings. The van der Waals surface area contributed by atoms with E-state index in [1.807, 2.05) is 0 Å². The number of ether oxygens (including phenoxy) is 1. The first-order chi connectivity index (χ1) is 9.35. The van der Waals surface area contributed by atoms with Crippen molar-refractivity contribution >= 4 is 11.8 Å². The van der Waals surface area contributed by atoms with Crippen LogP contribution in [0.4, 0.5) is 10.5 Å². The van der Waals surface area contributed by atoms with E-state index in [0.717, 1.165) is 0 Å². The highest BCUT2D eigenvalue weighted by atomic mass is 16.6. The molecule has 0 spiro atoms. The lowest BCUT2D eigenvalue weighted by Crippen LogP contribution is -2.27. The number of benzene rings is 1. The van der Waals surface area contributed by atoms with Gasteiger partial charge in [0.1, 0.15) is 11.4 Å². The van der Waals surface area contributed by atoms with Crippen molar-refractivity contribution < 1.29 is 14.6 Å². The SMILES string of the molecule is CC(C)(C)OC(=O)Nc1ccc(O)c(-c2cnc[nH]2)c1. The number of hydrogen-bond donors (Lipinski definition) is 3. The van der Waals surface area contributed by atoms with Crippen molar-refractivity contribution in [2.45, 2.75) is 26.4 Å². The first kappa shape index (κ1) is 13.9. The van der Waals surface area contributed by atoms with Crippen LogP contribution in [0.1, 0.15) is 20.8 Å². The Bertz CT molecular complexity index is 601. The molecule has 0 atom stereocenters. The molecular formula is C14H17N3O3. The quantitative estimate of drug-likeness (QED) is 0.735. The second kappa shape index (κ2) is 5.24. The molecule has 0 aliphatic heterocycles. The molecule has 6 nitrogen and oxygen atoms in total. The van der Waals surface area contributed by atoms with Gasteiger partial charge in [-0.2, -0.15) is 0 Å². The summed E-state index contributed by atoms with van der Waals surface area (Å²) >= 11 is 0. The largest absolute Gasteiger partial charge is 0.507 e. The Labute approximate surface area is 116 Å². The first-order valence-electron chi connectivity index (χ1n) is 6.17. The van der Waals surface area contributed by atoms with Gasteiger partial charge in [0.15, 0.2) is 0 Å². The van der Waals surface area contributed by atoms with E-state index in [1.54, 1.807) is 39.1 Å². The maximum Gasteiger partial charge on any atom is 0.412 e. The van der Waals surface area contributed by atoms with E-state index in [2.05, 4.69) is 15.3 Å². The van der Waals surface area contributed by atoms with Gasteiger partial charge in [0, 0.05) is 11.3 Å². The number of nitrogens with zero attached hydrogens (tertiary/aromatic N) is 1. The van der Waals surface area contributed by atoms with Crippen LogP contribution in [0, 0.1) is 0 Å². The van der Waals surface area contributed by atoms with Crippen molar-refractivity contribution in [1.29, 1.82) is 0 Å². The van der Waals surface area contributed by atoms with E-state index in [9.17, 15) is 9.90 Å². The average Bonchev–Trinajstić information content (AvgIpc) is 2.82. The van der Waals surface area contributed by atoms with Gasteiger partial charge in [-0.3, -0.25) is 5.32 Å². The van der Waals surface area contributed by atoms with E-state index in [1.165, 1.54) is 12.4 Å². The summed E-state index contributed by atoms with van der Waals surface area (Å²) < 4.78 is 5.17. The predicted octanol–water partition coefficient (Wildman–Crippen LogP) is 3.13. The van der Waals surface area contributed by atoms with Crippen LogP contribution in [0.2, 0.25) is 0 Å². The Balaban J connectivity index is 2.18. The number of aromatic amines is 1. The second-order valence-electron chi connectivity index (χ2n) is 5.32. The number of carbonyl (C=O) groups excluding carboxylic acids is 1. The van der Waals surface area contributed by atoms with Crippen molar-refractivity contribution in [1.82, 2.24) is 9.97 Å². The van der Waals surface area contributed by atoms with E-state index >= 15 is 0 Å². The third-order valence-corrected chi connectivity index (χ3v) is 2.43. The molecule has 1 amide bonds. The normalized spacial score (nSPS) is 11.2. The smallest absolute Gasteiger partial charge is 0.412 e. The van der Waals surface area contributed by atoms with E-state index in [0.29, 0.717) is 16.9 Å². The number of H-pyrrole nitrogens is 1. The van der Waals surface area contributed by atoms with E-state index < -0.39 is 11.7 Å². The molecule has 106 valence electrons. The number of amides is 1. The molecule has 0 saturated carbocycles. The van der Waals surface area contributed by atoms with Crippen molar-refractivity contribution in [2.24, 2.45) is 0 Å². The number of aromatic nitrogens is 2. The van der Waals surface area contributed by atoms with Crippen molar-refractivity contribution in [3.05, 3.63) is 30.7 Å². The lowest BCUT2D eigenvalue weighted by Gasteiger charge is -2.19. The monoisotopic (exact) mass is 275 g/mol.